The number of amides is 1. The minimum absolute atomic E-state index is 0.130. The standard InChI is InChI=1S/C14H14F3N3O/c1-9(14(15,16)17)7-10-8-20(19-12(10)13(18)21)11-5-3-2-4-6-11/h2-6,8-9H,7H2,1H3,(H2,18,21). The fourth-order valence-electron chi connectivity index (χ4n) is 1.93. The number of carbonyl (C=O) groups is 1. The fourth-order valence-corrected chi connectivity index (χ4v) is 1.93. The molecule has 0 aliphatic heterocycles. The molecule has 112 valence electrons. The molecule has 0 saturated heterocycles. The van der Waals surface area contributed by atoms with Gasteiger partial charge in [-0.25, -0.2) is 4.68 Å². The Morgan fingerprint density at radius 2 is 1.95 bits per heavy atom. The Morgan fingerprint density at radius 3 is 2.48 bits per heavy atom. The molecule has 7 heteroatoms. The molecule has 2 aromatic rings. The van der Waals surface area contributed by atoms with E-state index in [0.717, 1.165) is 6.92 Å². The summed E-state index contributed by atoms with van der Waals surface area (Å²) in [5, 5.41) is 3.99. The van der Waals surface area contributed by atoms with E-state index in [1.54, 1.807) is 30.3 Å². The summed E-state index contributed by atoms with van der Waals surface area (Å²) < 4.78 is 39.3. The van der Waals surface area contributed by atoms with Crippen molar-refractivity contribution < 1.29 is 18.0 Å². The molecule has 1 unspecified atom stereocenters. The van der Waals surface area contributed by atoms with E-state index in [9.17, 15) is 18.0 Å². The summed E-state index contributed by atoms with van der Waals surface area (Å²) in [5.41, 5.74) is 5.90. The lowest BCUT2D eigenvalue weighted by Gasteiger charge is -2.14. The van der Waals surface area contributed by atoms with Crippen LogP contribution in [0.3, 0.4) is 0 Å². The van der Waals surface area contributed by atoms with Crippen LogP contribution in [0.15, 0.2) is 36.5 Å². The molecule has 1 atom stereocenters. The van der Waals surface area contributed by atoms with Crippen molar-refractivity contribution in [1.29, 1.82) is 0 Å². The number of benzene rings is 1. The number of halogens is 3. The molecule has 0 fully saturated rings. The zero-order valence-corrected chi connectivity index (χ0v) is 11.3. The summed E-state index contributed by atoms with van der Waals surface area (Å²) in [4.78, 5) is 11.4. The predicted octanol–water partition coefficient (Wildman–Crippen LogP) is 2.71. The number of hydrogen-bond acceptors (Lipinski definition) is 2. The maximum atomic E-state index is 12.7. The second-order valence-electron chi connectivity index (χ2n) is 4.79. The van der Waals surface area contributed by atoms with Crippen molar-refractivity contribution in [3.63, 3.8) is 0 Å². The number of nitrogens with zero attached hydrogens (tertiary/aromatic N) is 2. The van der Waals surface area contributed by atoms with Crippen molar-refractivity contribution >= 4 is 5.91 Å². The Balaban J connectivity index is 2.37. The number of aromatic nitrogens is 2. The van der Waals surface area contributed by atoms with Gasteiger partial charge in [0, 0.05) is 11.8 Å². The average molecular weight is 297 g/mol. The predicted molar refractivity (Wildman–Crippen MR) is 71.0 cm³/mol. The maximum Gasteiger partial charge on any atom is 0.391 e. The number of hydrogen-bond donors (Lipinski definition) is 1. The molecule has 1 heterocycles. The van der Waals surface area contributed by atoms with Crippen molar-refractivity contribution in [2.75, 3.05) is 0 Å². The molecule has 2 N–H and O–H groups in total. The van der Waals surface area contributed by atoms with E-state index in [2.05, 4.69) is 5.10 Å². The van der Waals surface area contributed by atoms with Crippen LogP contribution in [0, 0.1) is 5.92 Å². The first-order chi connectivity index (χ1) is 9.79. The fraction of sp³-hybridized carbons (Fsp3) is 0.286. The van der Waals surface area contributed by atoms with Crippen molar-refractivity contribution in [3.05, 3.63) is 47.8 Å². The molecule has 0 saturated carbocycles. The average Bonchev–Trinajstić information content (AvgIpc) is 2.83. The largest absolute Gasteiger partial charge is 0.391 e. The summed E-state index contributed by atoms with van der Waals surface area (Å²) in [6, 6.07) is 8.79. The topological polar surface area (TPSA) is 60.9 Å². The smallest absolute Gasteiger partial charge is 0.364 e. The normalized spacial score (nSPS) is 13.1. The Bertz CT molecular complexity index is 635. The minimum Gasteiger partial charge on any atom is -0.364 e. The van der Waals surface area contributed by atoms with E-state index < -0.39 is 18.0 Å². The lowest BCUT2D eigenvalue weighted by molar-refractivity contribution is -0.169. The first-order valence-electron chi connectivity index (χ1n) is 6.29. The van der Waals surface area contributed by atoms with Crippen LogP contribution in [0.2, 0.25) is 0 Å². The third-order valence-electron chi connectivity index (χ3n) is 3.13. The quantitative estimate of drug-likeness (QED) is 0.943. The maximum absolute atomic E-state index is 12.7. The summed E-state index contributed by atoms with van der Waals surface area (Å²) in [5.74, 6) is -2.42. The van der Waals surface area contributed by atoms with Gasteiger partial charge in [-0.05, 0) is 18.6 Å². The third kappa shape index (κ3) is 3.42. The molecule has 0 spiro atoms. The third-order valence-corrected chi connectivity index (χ3v) is 3.13. The minimum atomic E-state index is -4.33. The molecular weight excluding hydrogens is 283 g/mol. The zero-order chi connectivity index (χ0) is 15.6. The zero-order valence-electron chi connectivity index (χ0n) is 11.3. The van der Waals surface area contributed by atoms with Gasteiger partial charge in [-0.3, -0.25) is 4.79 Å². The van der Waals surface area contributed by atoms with Crippen LogP contribution in [-0.4, -0.2) is 21.9 Å². The van der Waals surface area contributed by atoms with Gasteiger partial charge in [0.25, 0.3) is 5.91 Å². The molecule has 0 radical (unpaired) electrons. The van der Waals surface area contributed by atoms with Crippen LogP contribution in [0.5, 0.6) is 0 Å². The Morgan fingerprint density at radius 1 is 1.33 bits per heavy atom. The molecule has 1 amide bonds. The molecule has 1 aromatic carbocycles. The van der Waals surface area contributed by atoms with Crippen LogP contribution in [-0.2, 0) is 6.42 Å². The second-order valence-corrected chi connectivity index (χ2v) is 4.79. The lowest BCUT2D eigenvalue weighted by Crippen LogP contribution is -2.23. The van der Waals surface area contributed by atoms with Crippen molar-refractivity contribution in [1.82, 2.24) is 9.78 Å². The van der Waals surface area contributed by atoms with E-state index in [1.807, 2.05) is 0 Å². The summed E-state index contributed by atoms with van der Waals surface area (Å²) >= 11 is 0. The summed E-state index contributed by atoms with van der Waals surface area (Å²) in [6.07, 6.45) is -3.25. The van der Waals surface area contributed by atoms with E-state index in [1.165, 1.54) is 10.9 Å². The SMILES string of the molecule is CC(Cc1cn(-c2ccccc2)nc1C(N)=O)C(F)(F)F. The Labute approximate surface area is 119 Å². The first-order valence-corrected chi connectivity index (χ1v) is 6.29. The molecule has 2 rings (SSSR count). The van der Waals surface area contributed by atoms with Crippen LogP contribution < -0.4 is 5.73 Å². The Hall–Kier alpha value is -2.31. The summed E-state index contributed by atoms with van der Waals surface area (Å²) in [7, 11) is 0. The van der Waals surface area contributed by atoms with Crippen LogP contribution in [0.4, 0.5) is 13.2 Å². The van der Waals surface area contributed by atoms with Gasteiger partial charge in [-0.15, -0.1) is 0 Å². The van der Waals surface area contributed by atoms with Gasteiger partial charge in [0.1, 0.15) is 0 Å². The molecule has 0 aliphatic rings. The highest BCUT2D eigenvalue weighted by Gasteiger charge is 2.36. The van der Waals surface area contributed by atoms with Gasteiger partial charge in [-0.2, -0.15) is 18.3 Å². The number of nitrogens with two attached hydrogens (primary N) is 1. The van der Waals surface area contributed by atoms with Crippen LogP contribution >= 0.6 is 0 Å². The number of para-hydroxylation sites is 1. The number of primary amides is 1. The monoisotopic (exact) mass is 297 g/mol. The van der Waals surface area contributed by atoms with E-state index in [0.29, 0.717) is 5.69 Å². The van der Waals surface area contributed by atoms with E-state index in [-0.39, 0.29) is 17.7 Å². The highest BCUT2D eigenvalue weighted by molar-refractivity contribution is 5.92. The molecule has 1 aromatic heterocycles. The van der Waals surface area contributed by atoms with Crippen LogP contribution in [0.1, 0.15) is 23.0 Å². The van der Waals surface area contributed by atoms with Gasteiger partial charge in [0.15, 0.2) is 5.69 Å². The number of rotatable bonds is 4. The van der Waals surface area contributed by atoms with Gasteiger partial charge in [0.05, 0.1) is 11.6 Å². The highest BCUT2D eigenvalue weighted by atomic mass is 19.4. The van der Waals surface area contributed by atoms with E-state index in [4.69, 9.17) is 5.73 Å². The number of alkyl halides is 3. The van der Waals surface area contributed by atoms with Crippen molar-refractivity contribution in [3.8, 4) is 5.69 Å². The molecular formula is C14H14F3N3O. The van der Waals surface area contributed by atoms with E-state index >= 15 is 0 Å². The highest BCUT2D eigenvalue weighted by Crippen LogP contribution is 2.29. The molecule has 4 nitrogen and oxygen atoms in total. The molecule has 0 bridgehead atoms. The van der Waals surface area contributed by atoms with Gasteiger partial charge >= 0.3 is 6.18 Å². The van der Waals surface area contributed by atoms with Gasteiger partial charge < -0.3 is 5.73 Å². The molecule has 21 heavy (non-hydrogen) atoms. The van der Waals surface area contributed by atoms with Gasteiger partial charge in [0.2, 0.25) is 0 Å². The second kappa shape index (κ2) is 5.59. The van der Waals surface area contributed by atoms with Crippen molar-refractivity contribution in [2.24, 2.45) is 11.7 Å². The van der Waals surface area contributed by atoms with Crippen molar-refractivity contribution in [2.45, 2.75) is 19.5 Å². The van der Waals surface area contributed by atoms with Gasteiger partial charge in [-0.1, -0.05) is 25.1 Å². The molecule has 0 aliphatic carbocycles. The first kappa shape index (κ1) is 15.1. The lowest BCUT2D eigenvalue weighted by atomic mass is 10.0. The summed E-state index contributed by atoms with van der Waals surface area (Å²) in [6.45, 7) is 1.06. The van der Waals surface area contributed by atoms with Crippen LogP contribution in [0.25, 0.3) is 5.69 Å². The Kier molecular flexibility index (Phi) is 4.02. The number of carbonyl (C=O) groups excluding carboxylic acids is 1.